The summed E-state index contributed by atoms with van der Waals surface area (Å²) in [7, 11) is -3.86. The molecule has 9 heteroatoms. The predicted octanol–water partition coefficient (Wildman–Crippen LogP) is 2.92. The van der Waals surface area contributed by atoms with Gasteiger partial charge < -0.3 is 5.32 Å². The van der Waals surface area contributed by atoms with Crippen molar-refractivity contribution in [2.24, 2.45) is 5.41 Å². The Balaban J connectivity index is 1.92. The molecule has 0 spiro atoms. The Bertz CT molecular complexity index is 1030. The minimum absolute atomic E-state index is 0.0312. The summed E-state index contributed by atoms with van der Waals surface area (Å²) in [4.78, 5) is 24.8. The Morgan fingerprint density at radius 1 is 1.11 bits per heavy atom. The van der Waals surface area contributed by atoms with Crippen LogP contribution in [0.15, 0.2) is 42.5 Å². The number of sulfonamides is 1. The largest absolute Gasteiger partial charge is 0.322 e. The van der Waals surface area contributed by atoms with Crippen LogP contribution in [-0.2, 0) is 14.8 Å². The topological polar surface area (TPSA) is 83.6 Å². The molecule has 0 aromatic heterocycles. The normalized spacial score (nSPS) is 17.8. The molecule has 1 fully saturated rings. The highest BCUT2D eigenvalue weighted by Gasteiger charge is 2.49. The second-order valence-corrected chi connectivity index (χ2v) is 8.69. The van der Waals surface area contributed by atoms with Gasteiger partial charge in [-0.1, -0.05) is 6.07 Å². The van der Waals surface area contributed by atoms with Crippen molar-refractivity contribution in [1.82, 2.24) is 0 Å². The van der Waals surface area contributed by atoms with Gasteiger partial charge in [0.25, 0.3) is 5.91 Å². The van der Waals surface area contributed by atoms with Crippen molar-refractivity contribution >= 4 is 33.2 Å². The third-order valence-corrected chi connectivity index (χ3v) is 6.07. The zero-order valence-electron chi connectivity index (χ0n) is 14.5. The van der Waals surface area contributed by atoms with E-state index in [0.29, 0.717) is 10.4 Å². The van der Waals surface area contributed by atoms with Crippen LogP contribution in [0.25, 0.3) is 0 Å². The minimum atomic E-state index is -3.86. The molecule has 2 aromatic carbocycles. The van der Waals surface area contributed by atoms with Crippen LogP contribution in [0.2, 0.25) is 0 Å². The number of rotatable bonds is 3. The number of carbonyl (C=O) groups is 2. The highest BCUT2D eigenvalue weighted by atomic mass is 32.2. The molecule has 1 saturated heterocycles. The monoisotopic (exact) mass is 394 g/mol. The molecule has 0 saturated carbocycles. The number of nitrogens with one attached hydrogen (secondary N) is 1. The van der Waals surface area contributed by atoms with E-state index in [4.69, 9.17) is 0 Å². The summed E-state index contributed by atoms with van der Waals surface area (Å²) in [6.45, 7) is 3.06. The molecule has 3 rings (SSSR count). The number of benzene rings is 2. The van der Waals surface area contributed by atoms with Gasteiger partial charge >= 0.3 is 0 Å². The molecule has 1 aliphatic rings. The average Bonchev–Trinajstić information content (AvgIpc) is 2.69. The second kappa shape index (κ2) is 6.41. The van der Waals surface area contributed by atoms with Gasteiger partial charge in [0.1, 0.15) is 11.6 Å². The van der Waals surface area contributed by atoms with Crippen LogP contribution in [0.1, 0.15) is 24.2 Å². The first-order valence-corrected chi connectivity index (χ1v) is 9.55. The van der Waals surface area contributed by atoms with E-state index in [1.807, 2.05) is 0 Å². The third-order valence-electron chi connectivity index (χ3n) is 4.05. The van der Waals surface area contributed by atoms with E-state index >= 15 is 0 Å². The molecule has 2 aromatic rings. The second-order valence-electron chi connectivity index (χ2n) is 6.87. The van der Waals surface area contributed by atoms with Crippen molar-refractivity contribution in [1.29, 1.82) is 0 Å². The Morgan fingerprint density at radius 3 is 2.30 bits per heavy atom. The van der Waals surface area contributed by atoms with Crippen molar-refractivity contribution in [2.75, 3.05) is 15.4 Å². The van der Waals surface area contributed by atoms with Crippen molar-refractivity contribution in [3.05, 3.63) is 59.7 Å². The first kappa shape index (κ1) is 19.0. The highest BCUT2D eigenvalue weighted by Crippen LogP contribution is 2.36. The maximum atomic E-state index is 13.2. The molecule has 0 unspecified atom stereocenters. The quantitative estimate of drug-likeness (QED) is 0.868. The number of nitrogens with zero attached hydrogens (tertiary/aromatic N) is 1. The molecule has 0 atom stereocenters. The van der Waals surface area contributed by atoms with Crippen LogP contribution in [0.4, 0.5) is 20.2 Å². The Morgan fingerprint density at radius 2 is 1.74 bits per heavy atom. The van der Waals surface area contributed by atoms with Gasteiger partial charge in [-0.05, 0) is 44.2 Å². The van der Waals surface area contributed by atoms with Crippen LogP contribution >= 0.6 is 0 Å². The Kier molecular flexibility index (Phi) is 4.51. The summed E-state index contributed by atoms with van der Waals surface area (Å²) < 4.78 is 51.9. The number of hydrogen-bond donors (Lipinski definition) is 1. The van der Waals surface area contributed by atoms with Gasteiger partial charge in [0.05, 0.1) is 16.9 Å². The zero-order valence-corrected chi connectivity index (χ0v) is 15.3. The van der Waals surface area contributed by atoms with Crippen molar-refractivity contribution in [3.8, 4) is 0 Å². The van der Waals surface area contributed by atoms with Crippen LogP contribution < -0.4 is 9.62 Å². The average molecular weight is 394 g/mol. The van der Waals surface area contributed by atoms with Gasteiger partial charge in [0.2, 0.25) is 15.9 Å². The number of amides is 2. The van der Waals surface area contributed by atoms with E-state index in [1.165, 1.54) is 38.1 Å². The summed E-state index contributed by atoms with van der Waals surface area (Å²) in [6, 6.07) is 8.01. The Labute approximate surface area is 154 Å². The maximum Gasteiger partial charge on any atom is 0.255 e. The number of carbonyl (C=O) groups excluding carboxylic acids is 2. The lowest BCUT2D eigenvalue weighted by molar-refractivity contribution is -0.123. The van der Waals surface area contributed by atoms with Gasteiger partial charge in [-0.2, -0.15) is 0 Å². The van der Waals surface area contributed by atoms with E-state index in [2.05, 4.69) is 5.32 Å². The molecule has 0 bridgehead atoms. The smallest absolute Gasteiger partial charge is 0.255 e. The molecule has 1 N–H and O–H groups in total. The van der Waals surface area contributed by atoms with E-state index < -0.39 is 38.9 Å². The zero-order chi connectivity index (χ0) is 20.0. The van der Waals surface area contributed by atoms with Gasteiger partial charge in [-0.25, -0.2) is 21.5 Å². The van der Waals surface area contributed by atoms with Gasteiger partial charge in [-0.3, -0.25) is 9.59 Å². The fourth-order valence-corrected chi connectivity index (χ4v) is 4.96. The van der Waals surface area contributed by atoms with Crippen LogP contribution in [-0.4, -0.2) is 26.0 Å². The highest BCUT2D eigenvalue weighted by molar-refractivity contribution is 7.94. The summed E-state index contributed by atoms with van der Waals surface area (Å²) in [6.07, 6.45) is 0. The SMILES string of the molecule is CC1(C)CS(=O)(=O)N(c2cccc(C(=O)Nc3cc(F)cc(F)c3)c2)C1=O. The molecule has 0 radical (unpaired) electrons. The summed E-state index contributed by atoms with van der Waals surface area (Å²) in [5, 5.41) is 2.33. The summed E-state index contributed by atoms with van der Waals surface area (Å²) >= 11 is 0. The van der Waals surface area contributed by atoms with Gasteiger partial charge in [0, 0.05) is 17.3 Å². The van der Waals surface area contributed by atoms with Gasteiger partial charge in [0.15, 0.2) is 0 Å². The molecule has 0 aliphatic carbocycles. The van der Waals surface area contributed by atoms with E-state index in [-0.39, 0.29) is 22.7 Å². The molecule has 6 nitrogen and oxygen atoms in total. The van der Waals surface area contributed by atoms with Gasteiger partial charge in [-0.15, -0.1) is 0 Å². The standard InChI is InChI=1S/C18H16F2N2O4S/c1-18(2)10-27(25,26)22(17(18)24)15-5-3-4-11(6-15)16(23)21-14-8-12(19)7-13(20)9-14/h3-9H,10H2,1-2H3,(H,21,23). The van der Waals surface area contributed by atoms with Crippen molar-refractivity contribution in [2.45, 2.75) is 13.8 Å². The van der Waals surface area contributed by atoms with Crippen LogP contribution in [0, 0.1) is 17.0 Å². The van der Waals surface area contributed by atoms with E-state index in [0.717, 1.165) is 12.1 Å². The molecular formula is C18H16F2N2O4S. The molecule has 1 aliphatic heterocycles. The first-order valence-electron chi connectivity index (χ1n) is 7.94. The number of halogens is 2. The first-order chi connectivity index (χ1) is 12.5. The summed E-state index contributed by atoms with van der Waals surface area (Å²) in [5.41, 5.74) is -1.10. The fourth-order valence-electron chi connectivity index (χ4n) is 2.86. The summed E-state index contributed by atoms with van der Waals surface area (Å²) in [5.74, 6) is -3.33. The molecule has 142 valence electrons. The minimum Gasteiger partial charge on any atom is -0.322 e. The third kappa shape index (κ3) is 3.68. The number of anilines is 2. The predicted molar refractivity (Wildman–Crippen MR) is 95.8 cm³/mol. The van der Waals surface area contributed by atoms with Crippen molar-refractivity contribution < 1.29 is 26.8 Å². The van der Waals surface area contributed by atoms with Crippen LogP contribution in [0.3, 0.4) is 0 Å². The molecule has 27 heavy (non-hydrogen) atoms. The lowest BCUT2D eigenvalue weighted by Gasteiger charge is -2.18. The van der Waals surface area contributed by atoms with Crippen molar-refractivity contribution in [3.63, 3.8) is 0 Å². The molecular weight excluding hydrogens is 378 g/mol. The van der Waals surface area contributed by atoms with Crippen LogP contribution in [0.5, 0.6) is 0 Å². The van der Waals surface area contributed by atoms with E-state index in [9.17, 15) is 26.8 Å². The maximum absolute atomic E-state index is 13.2. The molecule has 1 heterocycles. The van der Waals surface area contributed by atoms with E-state index in [1.54, 1.807) is 0 Å². The molecule has 2 amide bonds. The number of hydrogen-bond acceptors (Lipinski definition) is 4. The lowest BCUT2D eigenvalue weighted by atomic mass is 9.95. The lowest BCUT2D eigenvalue weighted by Crippen LogP contribution is -2.33. The fraction of sp³-hybridized carbons (Fsp3) is 0.222. The Hall–Kier alpha value is -2.81.